The normalized spacial score (nSPS) is 12.5. The van der Waals surface area contributed by atoms with Gasteiger partial charge >= 0.3 is 0 Å². The van der Waals surface area contributed by atoms with Gasteiger partial charge in [0.25, 0.3) is 0 Å². The molecule has 0 radical (unpaired) electrons. The maximum Gasteiger partial charge on any atom is 0.220 e. The summed E-state index contributed by atoms with van der Waals surface area (Å²) in [4.78, 5) is 16.7. The number of hydrogen-bond acceptors (Lipinski definition) is 3. The number of rotatable bonds is 9. The number of carbonyl (C=O) groups is 1. The fraction of sp³-hybridized carbons (Fsp3) is 0.360. The minimum Gasteiger partial charge on any atom is -0.441 e. The Balaban J connectivity index is 1.42. The van der Waals surface area contributed by atoms with E-state index in [0.29, 0.717) is 18.7 Å². The maximum atomic E-state index is 12.3. The Kier molecular flexibility index (Phi) is 6.86. The topological polar surface area (TPSA) is 55.1 Å². The second-order valence-corrected chi connectivity index (χ2v) is 8.26. The van der Waals surface area contributed by atoms with Crippen molar-refractivity contribution in [2.24, 2.45) is 0 Å². The Bertz CT molecular complexity index is 901. The summed E-state index contributed by atoms with van der Waals surface area (Å²) in [5.41, 5.74) is 2.32. The number of amides is 1. The molecule has 0 bridgehead atoms. The van der Waals surface area contributed by atoms with Crippen molar-refractivity contribution in [3.63, 3.8) is 0 Å². The summed E-state index contributed by atoms with van der Waals surface area (Å²) in [5, 5.41) is 3.13. The third-order valence-corrected chi connectivity index (χ3v) is 5.19. The molecule has 1 aromatic heterocycles. The number of aromatic nitrogens is 1. The third kappa shape index (κ3) is 6.05. The summed E-state index contributed by atoms with van der Waals surface area (Å²) < 4.78 is 5.80. The van der Waals surface area contributed by atoms with Crippen LogP contribution in [0.5, 0.6) is 0 Å². The first kappa shape index (κ1) is 20.8. The van der Waals surface area contributed by atoms with Crippen LogP contribution in [0.3, 0.4) is 0 Å². The second-order valence-electron chi connectivity index (χ2n) is 8.26. The van der Waals surface area contributed by atoms with Crippen LogP contribution in [0.15, 0.2) is 71.3 Å². The third-order valence-electron chi connectivity index (χ3n) is 5.19. The van der Waals surface area contributed by atoms with Gasteiger partial charge in [0.15, 0.2) is 11.7 Å². The fourth-order valence-corrected chi connectivity index (χ4v) is 3.73. The van der Waals surface area contributed by atoms with E-state index >= 15 is 0 Å². The van der Waals surface area contributed by atoms with Crippen LogP contribution >= 0.6 is 0 Å². The minimum atomic E-state index is 0.0138. The maximum absolute atomic E-state index is 12.3. The molecule has 2 aromatic carbocycles. The highest BCUT2D eigenvalue weighted by Gasteiger charge is 2.23. The molecular weight excluding hydrogens is 360 g/mol. The number of hydrogen-bond donors (Lipinski definition) is 1. The molecular formula is C25H30N2O2. The van der Waals surface area contributed by atoms with Gasteiger partial charge in [-0.05, 0) is 30.7 Å². The van der Waals surface area contributed by atoms with E-state index in [1.165, 1.54) is 5.56 Å². The molecule has 3 rings (SSSR count). The molecule has 0 spiro atoms. The van der Waals surface area contributed by atoms with Gasteiger partial charge in [0.2, 0.25) is 5.91 Å². The Hall–Kier alpha value is -2.88. The lowest BCUT2D eigenvalue weighted by Gasteiger charge is -2.29. The van der Waals surface area contributed by atoms with Crippen molar-refractivity contribution >= 4 is 5.91 Å². The molecule has 1 unspecified atom stereocenters. The molecule has 0 aliphatic heterocycles. The van der Waals surface area contributed by atoms with Gasteiger partial charge in [-0.1, -0.05) is 74.5 Å². The van der Waals surface area contributed by atoms with E-state index in [-0.39, 0.29) is 17.4 Å². The molecule has 1 amide bonds. The summed E-state index contributed by atoms with van der Waals surface area (Å²) in [6.07, 6.45) is 4.49. The zero-order chi connectivity index (χ0) is 20.7. The number of aryl methyl sites for hydroxylation is 1. The Morgan fingerprint density at radius 2 is 1.72 bits per heavy atom. The van der Waals surface area contributed by atoms with E-state index in [1.54, 1.807) is 6.20 Å². The molecule has 0 saturated carbocycles. The SMILES string of the molecule is CC(CC(C)(C)c1ccccc1)NC(=O)CCCc1ncc(-c2ccccc2)o1. The fourth-order valence-electron chi connectivity index (χ4n) is 3.73. The molecule has 152 valence electrons. The van der Waals surface area contributed by atoms with E-state index in [1.807, 2.05) is 36.4 Å². The van der Waals surface area contributed by atoms with Crippen molar-refractivity contribution in [1.82, 2.24) is 10.3 Å². The predicted molar refractivity (Wildman–Crippen MR) is 117 cm³/mol. The molecule has 1 atom stereocenters. The number of nitrogens with one attached hydrogen (secondary N) is 1. The van der Waals surface area contributed by atoms with Crippen molar-refractivity contribution < 1.29 is 9.21 Å². The number of nitrogens with zero attached hydrogens (tertiary/aromatic N) is 1. The monoisotopic (exact) mass is 390 g/mol. The molecule has 0 aliphatic carbocycles. The zero-order valence-electron chi connectivity index (χ0n) is 17.5. The van der Waals surface area contributed by atoms with Gasteiger partial charge in [-0.15, -0.1) is 0 Å². The molecule has 29 heavy (non-hydrogen) atoms. The summed E-state index contributed by atoms with van der Waals surface area (Å²) in [6.45, 7) is 6.51. The van der Waals surface area contributed by atoms with Crippen LogP contribution in [-0.4, -0.2) is 16.9 Å². The summed E-state index contributed by atoms with van der Waals surface area (Å²) in [5.74, 6) is 1.52. The van der Waals surface area contributed by atoms with E-state index < -0.39 is 0 Å². The van der Waals surface area contributed by atoms with Crippen LogP contribution in [0, 0.1) is 0 Å². The van der Waals surface area contributed by atoms with Crippen molar-refractivity contribution in [3.8, 4) is 11.3 Å². The van der Waals surface area contributed by atoms with E-state index in [4.69, 9.17) is 4.42 Å². The highest BCUT2D eigenvalue weighted by Crippen LogP contribution is 2.28. The molecule has 4 nitrogen and oxygen atoms in total. The highest BCUT2D eigenvalue weighted by molar-refractivity contribution is 5.76. The molecule has 1 heterocycles. The summed E-state index contributed by atoms with van der Waals surface area (Å²) in [7, 11) is 0. The first-order valence-electron chi connectivity index (χ1n) is 10.3. The second kappa shape index (κ2) is 9.55. The summed E-state index contributed by atoms with van der Waals surface area (Å²) >= 11 is 0. The van der Waals surface area contributed by atoms with Gasteiger partial charge in [-0.3, -0.25) is 4.79 Å². The van der Waals surface area contributed by atoms with Crippen molar-refractivity contribution in [1.29, 1.82) is 0 Å². The van der Waals surface area contributed by atoms with Gasteiger partial charge in [-0.25, -0.2) is 4.98 Å². The van der Waals surface area contributed by atoms with Gasteiger partial charge < -0.3 is 9.73 Å². The first-order valence-corrected chi connectivity index (χ1v) is 10.3. The van der Waals surface area contributed by atoms with Crippen LogP contribution in [0.2, 0.25) is 0 Å². The van der Waals surface area contributed by atoms with Crippen LogP contribution in [0.1, 0.15) is 51.5 Å². The van der Waals surface area contributed by atoms with Crippen molar-refractivity contribution in [3.05, 3.63) is 78.3 Å². The molecule has 0 fully saturated rings. The molecule has 0 aliphatic rings. The highest BCUT2D eigenvalue weighted by atomic mass is 16.4. The molecule has 0 saturated heterocycles. The van der Waals surface area contributed by atoms with E-state index in [0.717, 1.165) is 24.2 Å². The van der Waals surface area contributed by atoms with Crippen LogP contribution in [0.25, 0.3) is 11.3 Å². The minimum absolute atomic E-state index is 0.0138. The van der Waals surface area contributed by atoms with Crippen LogP contribution < -0.4 is 5.32 Å². The van der Waals surface area contributed by atoms with Crippen molar-refractivity contribution in [2.75, 3.05) is 0 Å². The number of benzene rings is 2. The molecule has 3 aromatic rings. The van der Waals surface area contributed by atoms with Gasteiger partial charge in [0.1, 0.15) is 0 Å². The van der Waals surface area contributed by atoms with Gasteiger partial charge in [0.05, 0.1) is 6.20 Å². The van der Waals surface area contributed by atoms with E-state index in [9.17, 15) is 4.79 Å². The van der Waals surface area contributed by atoms with E-state index in [2.05, 4.69) is 55.3 Å². The predicted octanol–water partition coefficient (Wildman–Crippen LogP) is 5.54. The molecule has 1 N–H and O–H groups in total. The first-order chi connectivity index (χ1) is 13.9. The zero-order valence-corrected chi connectivity index (χ0v) is 17.5. The van der Waals surface area contributed by atoms with Crippen LogP contribution in [-0.2, 0) is 16.6 Å². The van der Waals surface area contributed by atoms with Gasteiger partial charge in [-0.2, -0.15) is 0 Å². The smallest absolute Gasteiger partial charge is 0.220 e. The Morgan fingerprint density at radius 3 is 2.41 bits per heavy atom. The largest absolute Gasteiger partial charge is 0.441 e. The number of oxazole rings is 1. The summed E-state index contributed by atoms with van der Waals surface area (Å²) in [6, 6.07) is 20.5. The average molecular weight is 391 g/mol. The van der Waals surface area contributed by atoms with Crippen LogP contribution in [0.4, 0.5) is 0 Å². The number of carbonyl (C=O) groups excluding carboxylic acids is 1. The Labute approximate surface area is 173 Å². The average Bonchev–Trinajstić information content (AvgIpc) is 3.18. The Morgan fingerprint density at radius 1 is 1.07 bits per heavy atom. The molecule has 4 heteroatoms. The van der Waals surface area contributed by atoms with Crippen molar-refractivity contribution in [2.45, 2.75) is 57.9 Å². The standard InChI is InChI=1S/C25H30N2O2/c1-19(17-25(2,3)21-13-8-5-9-14-21)27-23(28)15-10-16-24-26-18-22(29-24)20-11-6-4-7-12-20/h4-9,11-14,18-19H,10,15-17H2,1-3H3,(H,27,28). The lowest BCUT2D eigenvalue weighted by Crippen LogP contribution is -2.37. The lowest BCUT2D eigenvalue weighted by molar-refractivity contribution is -0.121. The van der Waals surface area contributed by atoms with Gasteiger partial charge in [0, 0.05) is 24.4 Å². The lowest BCUT2D eigenvalue weighted by atomic mass is 9.79. The quantitative estimate of drug-likeness (QED) is 0.522.